The number of aryl methyl sites for hydroxylation is 6. The Morgan fingerprint density at radius 1 is 0.615 bits per heavy atom. The molecule has 0 aromatic heterocycles. The summed E-state index contributed by atoms with van der Waals surface area (Å²) < 4.78 is 0. The van der Waals surface area contributed by atoms with Crippen molar-refractivity contribution in [2.24, 2.45) is 0 Å². The van der Waals surface area contributed by atoms with Gasteiger partial charge in [0.15, 0.2) is 0 Å². The summed E-state index contributed by atoms with van der Waals surface area (Å²) in [5.74, 6) is 0. The Labute approximate surface area is 163 Å². The molecule has 0 unspecified atom stereocenters. The minimum absolute atomic E-state index is 0.190. The molecule has 0 fully saturated rings. The first kappa shape index (κ1) is 18.8. The third-order valence-corrected chi connectivity index (χ3v) is 5.47. The molecule has 26 heavy (non-hydrogen) atoms. The van der Waals surface area contributed by atoms with E-state index in [1.807, 2.05) is 6.07 Å². The lowest BCUT2D eigenvalue weighted by molar-refractivity contribution is 1.34. The highest BCUT2D eigenvalue weighted by atomic mass is 35.5. The van der Waals surface area contributed by atoms with Gasteiger partial charge in [0.25, 0.3) is 0 Å². The molecule has 0 saturated heterocycles. The fourth-order valence-corrected chi connectivity index (χ4v) is 4.66. The van der Waals surface area contributed by atoms with Gasteiger partial charge in [0, 0.05) is 5.02 Å². The van der Waals surface area contributed by atoms with E-state index in [4.69, 9.17) is 11.6 Å². The Hall–Kier alpha value is -1.99. The van der Waals surface area contributed by atoms with E-state index in [-0.39, 0.29) is 6.71 Å². The molecule has 0 atom stereocenters. The number of hydrogen-bond acceptors (Lipinski definition) is 0. The first-order chi connectivity index (χ1) is 12.3. The molecule has 0 bridgehead atoms. The van der Waals surface area contributed by atoms with Gasteiger partial charge >= 0.3 is 0 Å². The third kappa shape index (κ3) is 3.59. The Bertz CT molecular complexity index is 868. The second-order valence-corrected chi connectivity index (χ2v) is 8.05. The molecule has 0 aliphatic carbocycles. The summed E-state index contributed by atoms with van der Waals surface area (Å²) in [4.78, 5) is 0. The van der Waals surface area contributed by atoms with Crippen molar-refractivity contribution in [2.45, 2.75) is 41.5 Å². The van der Waals surface area contributed by atoms with Crippen molar-refractivity contribution in [3.05, 3.63) is 86.9 Å². The molecule has 0 heterocycles. The van der Waals surface area contributed by atoms with Gasteiger partial charge in [0.1, 0.15) is 0 Å². The summed E-state index contributed by atoms with van der Waals surface area (Å²) in [7, 11) is 0. The van der Waals surface area contributed by atoms with Crippen LogP contribution >= 0.6 is 11.6 Å². The normalized spacial score (nSPS) is 10.9. The van der Waals surface area contributed by atoms with E-state index in [9.17, 15) is 0 Å². The van der Waals surface area contributed by atoms with Crippen LogP contribution in [0.5, 0.6) is 0 Å². The number of hydrogen-bond donors (Lipinski definition) is 0. The van der Waals surface area contributed by atoms with E-state index in [0.717, 1.165) is 5.02 Å². The lowest BCUT2D eigenvalue weighted by Gasteiger charge is -2.24. The quantitative estimate of drug-likeness (QED) is 0.594. The Morgan fingerprint density at radius 3 is 1.42 bits per heavy atom. The van der Waals surface area contributed by atoms with E-state index in [2.05, 4.69) is 84.0 Å². The minimum atomic E-state index is 0.190. The van der Waals surface area contributed by atoms with E-state index in [1.54, 1.807) is 0 Å². The second kappa shape index (κ2) is 7.33. The number of rotatable bonds is 3. The summed E-state index contributed by atoms with van der Waals surface area (Å²) >= 11 is 6.37. The second-order valence-electron chi connectivity index (χ2n) is 7.61. The molecule has 3 rings (SSSR count). The van der Waals surface area contributed by atoms with Gasteiger partial charge in [-0.2, -0.15) is 0 Å². The number of benzene rings is 3. The maximum atomic E-state index is 6.37. The predicted octanol–water partition coefficient (Wildman–Crippen LogP) is 4.71. The zero-order chi connectivity index (χ0) is 19.0. The van der Waals surface area contributed by atoms with Gasteiger partial charge < -0.3 is 0 Å². The van der Waals surface area contributed by atoms with Crippen molar-refractivity contribution in [2.75, 3.05) is 0 Å². The molecule has 132 valence electrons. The van der Waals surface area contributed by atoms with Crippen LogP contribution in [0.3, 0.4) is 0 Å². The smallest absolute Gasteiger partial charge is 0.0844 e. The zero-order valence-corrected chi connectivity index (χ0v) is 17.3. The predicted molar refractivity (Wildman–Crippen MR) is 117 cm³/mol. The summed E-state index contributed by atoms with van der Waals surface area (Å²) in [5.41, 5.74) is 12.0. The van der Waals surface area contributed by atoms with Gasteiger partial charge in [0.05, 0.1) is 0 Å². The van der Waals surface area contributed by atoms with E-state index < -0.39 is 0 Å². The van der Waals surface area contributed by atoms with Crippen LogP contribution in [0.1, 0.15) is 33.4 Å². The highest BCUT2D eigenvalue weighted by molar-refractivity contribution is 6.96. The van der Waals surface area contributed by atoms with Crippen molar-refractivity contribution in [3.8, 4) is 0 Å². The fourth-order valence-electron chi connectivity index (χ4n) is 4.46. The van der Waals surface area contributed by atoms with Crippen molar-refractivity contribution in [1.82, 2.24) is 0 Å². The monoisotopic (exact) mass is 360 g/mol. The molecule has 0 aliphatic rings. The van der Waals surface area contributed by atoms with Gasteiger partial charge in [-0.25, -0.2) is 0 Å². The summed E-state index contributed by atoms with van der Waals surface area (Å²) in [6, 6.07) is 17.5. The Balaban J connectivity index is 2.36. The zero-order valence-electron chi connectivity index (χ0n) is 16.6. The average Bonchev–Trinajstić information content (AvgIpc) is 2.51. The highest BCUT2D eigenvalue weighted by Crippen LogP contribution is 2.14. The molecule has 3 aromatic rings. The molecule has 3 aromatic carbocycles. The molecule has 2 heteroatoms. The maximum absolute atomic E-state index is 6.37. The minimum Gasteiger partial charge on any atom is -0.0844 e. The first-order valence-electron chi connectivity index (χ1n) is 9.19. The van der Waals surface area contributed by atoms with Crippen molar-refractivity contribution in [1.29, 1.82) is 0 Å². The average molecular weight is 361 g/mol. The van der Waals surface area contributed by atoms with Crippen molar-refractivity contribution in [3.63, 3.8) is 0 Å². The standard InChI is InChI=1S/C24H26BCl/c1-15-10-17(3)23(18(4)11-15)25(21-8-7-9-22(26)14-21)24-19(5)12-16(2)13-20(24)6/h7-14H,1-6H3. The van der Waals surface area contributed by atoms with E-state index in [1.165, 1.54) is 49.8 Å². The molecular formula is C24H26BCl. The van der Waals surface area contributed by atoms with Gasteiger partial charge in [0.2, 0.25) is 6.71 Å². The lowest BCUT2D eigenvalue weighted by Crippen LogP contribution is -2.55. The van der Waals surface area contributed by atoms with Gasteiger partial charge in [-0.3, -0.25) is 0 Å². The van der Waals surface area contributed by atoms with Crippen molar-refractivity contribution < 1.29 is 0 Å². The maximum Gasteiger partial charge on any atom is 0.242 e. The molecule has 0 saturated carbocycles. The van der Waals surface area contributed by atoms with Crippen molar-refractivity contribution >= 4 is 34.7 Å². The SMILES string of the molecule is Cc1cc(C)c(B(c2cccc(Cl)c2)c2c(C)cc(C)cc2C)c(C)c1. The van der Waals surface area contributed by atoms with Crippen LogP contribution in [0.2, 0.25) is 5.02 Å². The van der Waals surface area contributed by atoms with Gasteiger partial charge in [-0.05, 0) is 53.7 Å². The van der Waals surface area contributed by atoms with Crippen LogP contribution in [0.15, 0.2) is 48.5 Å². The van der Waals surface area contributed by atoms with E-state index in [0.29, 0.717) is 0 Å². The summed E-state index contributed by atoms with van der Waals surface area (Å²) in [5, 5.41) is 0.789. The third-order valence-electron chi connectivity index (χ3n) is 5.24. The fraction of sp³-hybridized carbons (Fsp3) is 0.250. The van der Waals surface area contributed by atoms with Crippen LogP contribution in [0.25, 0.3) is 0 Å². The van der Waals surface area contributed by atoms with Crippen LogP contribution in [0.4, 0.5) is 0 Å². The molecule has 0 spiro atoms. The largest absolute Gasteiger partial charge is 0.242 e. The number of halogens is 1. The molecule has 0 N–H and O–H groups in total. The van der Waals surface area contributed by atoms with Gasteiger partial charge in [-0.1, -0.05) is 97.8 Å². The molecule has 0 amide bonds. The molecule has 0 radical (unpaired) electrons. The highest BCUT2D eigenvalue weighted by Gasteiger charge is 2.28. The van der Waals surface area contributed by atoms with Crippen LogP contribution in [0, 0.1) is 41.5 Å². The van der Waals surface area contributed by atoms with Crippen LogP contribution in [-0.2, 0) is 0 Å². The molecule has 0 aliphatic heterocycles. The first-order valence-corrected chi connectivity index (χ1v) is 9.56. The Kier molecular flexibility index (Phi) is 5.30. The van der Waals surface area contributed by atoms with E-state index >= 15 is 0 Å². The van der Waals surface area contributed by atoms with Crippen LogP contribution in [-0.4, -0.2) is 6.71 Å². The topological polar surface area (TPSA) is 0 Å². The van der Waals surface area contributed by atoms with Gasteiger partial charge in [-0.15, -0.1) is 0 Å². The summed E-state index contributed by atoms with van der Waals surface area (Å²) in [6.07, 6.45) is 0. The Morgan fingerprint density at radius 2 is 1.04 bits per heavy atom. The van der Waals surface area contributed by atoms with Crippen LogP contribution < -0.4 is 16.4 Å². The molecular weight excluding hydrogens is 335 g/mol. The summed E-state index contributed by atoms with van der Waals surface area (Å²) in [6.45, 7) is 13.4. The molecule has 0 nitrogen and oxygen atoms in total. The lowest BCUT2D eigenvalue weighted by atomic mass is 9.34.